The van der Waals surface area contributed by atoms with E-state index in [0.717, 1.165) is 0 Å². The van der Waals surface area contributed by atoms with Crippen LogP contribution in [0.5, 0.6) is 0 Å². The van der Waals surface area contributed by atoms with Gasteiger partial charge in [0.05, 0.1) is 12.2 Å². The summed E-state index contributed by atoms with van der Waals surface area (Å²) in [6, 6.07) is 20.8. The van der Waals surface area contributed by atoms with E-state index in [9.17, 15) is 0 Å². The maximum Gasteiger partial charge on any atom is 0.0654 e. The van der Waals surface area contributed by atoms with E-state index in [-0.39, 0.29) is 24.0 Å². The Hall–Kier alpha value is -2.12. The lowest BCUT2D eigenvalue weighted by atomic mass is 9.92. The van der Waals surface area contributed by atoms with Crippen molar-refractivity contribution in [1.82, 2.24) is 0 Å². The first-order chi connectivity index (χ1) is 11.2. The minimum atomic E-state index is 0.0519. The summed E-state index contributed by atoms with van der Waals surface area (Å²) < 4.78 is 6.32. The van der Waals surface area contributed by atoms with Crippen LogP contribution in [0.2, 0.25) is 0 Å². The van der Waals surface area contributed by atoms with Crippen LogP contribution in [0.25, 0.3) is 0 Å². The highest BCUT2D eigenvalue weighted by molar-refractivity contribution is 5.26. The molecule has 4 unspecified atom stereocenters. The van der Waals surface area contributed by atoms with E-state index < -0.39 is 0 Å². The Morgan fingerprint density at radius 2 is 1.04 bits per heavy atom. The summed E-state index contributed by atoms with van der Waals surface area (Å²) in [6.07, 6.45) is 4.04. The van der Waals surface area contributed by atoms with Crippen LogP contribution in [0, 0.1) is 0 Å². The van der Waals surface area contributed by atoms with Crippen LogP contribution < -0.4 is 0 Å². The highest BCUT2D eigenvalue weighted by Gasteiger charge is 2.23. The average molecular weight is 306 g/mol. The van der Waals surface area contributed by atoms with Gasteiger partial charge in [0.25, 0.3) is 0 Å². The molecule has 1 heteroatoms. The Morgan fingerprint density at radius 1 is 0.696 bits per heavy atom. The highest BCUT2D eigenvalue weighted by Crippen LogP contribution is 2.28. The largest absolute Gasteiger partial charge is 0.374 e. The van der Waals surface area contributed by atoms with Crippen molar-refractivity contribution in [3.8, 4) is 0 Å². The molecule has 2 rings (SSSR count). The topological polar surface area (TPSA) is 9.23 Å². The molecule has 4 atom stereocenters. The molecule has 0 aromatic heterocycles. The van der Waals surface area contributed by atoms with Gasteiger partial charge in [-0.2, -0.15) is 0 Å². The third-order valence-electron chi connectivity index (χ3n) is 4.32. The normalized spacial score (nSPS) is 16.1. The second-order valence-electron chi connectivity index (χ2n) is 5.89. The Morgan fingerprint density at radius 3 is 1.35 bits per heavy atom. The molecule has 23 heavy (non-hydrogen) atoms. The first kappa shape index (κ1) is 17.2. The second-order valence-corrected chi connectivity index (χ2v) is 5.89. The fourth-order valence-electron chi connectivity index (χ4n) is 3.06. The third kappa shape index (κ3) is 4.43. The lowest BCUT2D eigenvalue weighted by molar-refractivity contribution is -0.00582. The van der Waals surface area contributed by atoms with Gasteiger partial charge in [0.1, 0.15) is 0 Å². The van der Waals surface area contributed by atoms with Gasteiger partial charge in [-0.3, -0.25) is 0 Å². The average Bonchev–Trinajstić information content (AvgIpc) is 2.58. The lowest BCUT2D eigenvalue weighted by Gasteiger charge is -2.29. The molecule has 2 aromatic rings. The summed E-state index contributed by atoms with van der Waals surface area (Å²) in [5, 5.41) is 0. The van der Waals surface area contributed by atoms with Crippen molar-refractivity contribution in [3.63, 3.8) is 0 Å². The van der Waals surface area contributed by atoms with Crippen LogP contribution in [-0.2, 0) is 4.74 Å². The highest BCUT2D eigenvalue weighted by atomic mass is 16.5. The van der Waals surface area contributed by atoms with Crippen molar-refractivity contribution in [3.05, 3.63) is 97.1 Å². The summed E-state index contributed by atoms with van der Waals surface area (Å²) >= 11 is 0. The maximum atomic E-state index is 6.32. The first-order valence-electron chi connectivity index (χ1n) is 8.17. The quantitative estimate of drug-likeness (QED) is 0.567. The molecular formula is C22H26O. The van der Waals surface area contributed by atoms with E-state index in [4.69, 9.17) is 4.74 Å². The molecule has 0 bridgehead atoms. The Balaban J connectivity index is 2.10. The summed E-state index contributed by atoms with van der Waals surface area (Å²) in [5.74, 6) is 0.361. The number of rotatable bonds is 8. The molecule has 0 fully saturated rings. The summed E-state index contributed by atoms with van der Waals surface area (Å²) in [7, 11) is 0. The van der Waals surface area contributed by atoms with E-state index in [0.29, 0.717) is 0 Å². The van der Waals surface area contributed by atoms with E-state index in [2.05, 4.69) is 75.5 Å². The van der Waals surface area contributed by atoms with Crippen LogP contribution in [-0.4, -0.2) is 12.2 Å². The number of ether oxygens (including phenoxy) is 1. The van der Waals surface area contributed by atoms with E-state index in [1.54, 1.807) is 0 Å². The zero-order valence-corrected chi connectivity index (χ0v) is 14.1. The molecule has 0 spiro atoms. The zero-order valence-electron chi connectivity index (χ0n) is 14.1. The molecule has 0 saturated heterocycles. The summed E-state index contributed by atoms with van der Waals surface area (Å²) in [6.45, 7) is 12.2. The zero-order chi connectivity index (χ0) is 16.7. The van der Waals surface area contributed by atoms with Crippen LogP contribution >= 0.6 is 0 Å². The first-order valence-corrected chi connectivity index (χ1v) is 8.17. The SMILES string of the molecule is C=CC(c1ccccc1)C(C)OC(C)C(C=C)c1ccccc1. The lowest BCUT2D eigenvalue weighted by Crippen LogP contribution is -2.26. The third-order valence-corrected chi connectivity index (χ3v) is 4.32. The predicted octanol–water partition coefficient (Wildman–Crippen LogP) is 5.72. The van der Waals surface area contributed by atoms with Crippen molar-refractivity contribution < 1.29 is 4.74 Å². The van der Waals surface area contributed by atoms with Crippen LogP contribution in [0.15, 0.2) is 86.0 Å². The molecule has 2 aromatic carbocycles. The van der Waals surface area contributed by atoms with E-state index in [1.807, 2.05) is 24.3 Å². The number of hydrogen-bond acceptors (Lipinski definition) is 1. The molecule has 0 aliphatic rings. The molecule has 0 N–H and O–H groups in total. The molecule has 1 nitrogen and oxygen atoms in total. The molecule has 0 aliphatic carbocycles. The van der Waals surface area contributed by atoms with Gasteiger partial charge < -0.3 is 4.74 Å². The molecular weight excluding hydrogens is 280 g/mol. The number of benzene rings is 2. The van der Waals surface area contributed by atoms with Gasteiger partial charge in [-0.1, -0.05) is 72.8 Å². The van der Waals surface area contributed by atoms with Gasteiger partial charge in [-0.05, 0) is 25.0 Å². The number of hydrogen-bond donors (Lipinski definition) is 0. The van der Waals surface area contributed by atoms with Crippen LogP contribution in [0.4, 0.5) is 0 Å². The van der Waals surface area contributed by atoms with Crippen LogP contribution in [0.1, 0.15) is 36.8 Å². The van der Waals surface area contributed by atoms with Gasteiger partial charge >= 0.3 is 0 Å². The standard InChI is InChI=1S/C22H26O/c1-5-21(19-13-9-7-10-14-19)17(3)23-18(4)22(6-2)20-15-11-8-12-16-20/h5-18,21-22H,1-2H2,3-4H3. The molecule has 0 saturated carbocycles. The molecule has 0 amide bonds. The fourth-order valence-corrected chi connectivity index (χ4v) is 3.06. The monoisotopic (exact) mass is 306 g/mol. The smallest absolute Gasteiger partial charge is 0.0654 e. The Bertz CT molecular complexity index is 547. The minimum Gasteiger partial charge on any atom is -0.374 e. The van der Waals surface area contributed by atoms with Crippen molar-refractivity contribution in [1.29, 1.82) is 0 Å². The van der Waals surface area contributed by atoms with Crippen molar-refractivity contribution in [2.75, 3.05) is 0 Å². The van der Waals surface area contributed by atoms with Crippen molar-refractivity contribution in [2.24, 2.45) is 0 Å². The molecule has 0 radical (unpaired) electrons. The molecule has 120 valence electrons. The fraction of sp³-hybridized carbons (Fsp3) is 0.273. The van der Waals surface area contributed by atoms with Gasteiger partial charge in [0.2, 0.25) is 0 Å². The summed E-state index contributed by atoms with van der Waals surface area (Å²) in [4.78, 5) is 0. The van der Waals surface area contributed by atoms with Gasteiger partial charge in [-0.25, -0.2) is 0 Å². The summed E-state index contributed by atoms with van der Waals surface area (Å²) in [5.41, 5.74) is 2.47. The Labute approximate surface area is 140 Å². The van der Waals surface area contributed by atoms with Gasteiger partial charge in [0.15, 0.2) is 0 Å². The molecule has 0 aliphatic heterocycles. The maximum absolute atomic E-state index is 6.32. The van der Waals surface area contributed by atoms with E-state index in [1.165, 1.54) is 11.1 Å². The Kier molecular flexibility index (Phi) is 6.37. The molecule has 0 heterocycles. The van der Waals surface area contributed by atoms with Crippen molar-refractivity contribution in [2.45, 2.75) is 37.9 Å². The van der Waals surface area contributed by atoms with E-state index >= 15 is 0 Å². The van der Waals surface area contributed by atoms with Crippen molar-refractivity contribution >= 4 is 0 Å². The van der Waals surface area contributed by atoms with Gasteiger partial charge in [0, 0.05) is 11.8 Å². The predicted molar refractivity (Wildman–Crippen MR) is 98.8 cm³/mol. The van der Waals surface area contributed by atoms with Gasteiger partial charge in [-0.15, -0.1) is 13.2 Å². The second kappa shape index (κ2) is 8.50. The minimum absolute atomic E-state index is 0.0519. The van der Waals surface area contributed by atoms with Crippen LogP contribution in [0.3, 0.4) is 0 Å².